The van der Waals surface area contributed by atoms with Crippen molar-refractivity contribution in [1.82, 2.24) is 4.90 Å². The zero-order valence-electron chi connectivity index (χ0n) is 13.2. The number of benzene rings is 1. The minimum atomic E-state index is 0.0834. The Balaban J connectivity index is 1.84. The van der Waals surface area contributed by atoms with Crippen molar-refractivity contribution in [1.29, 1.82) is 0 Å². The molecular formula is C17H25NO3. The SMILES string of the molecule is CCOc1ccc(OCC(=O)N(CC(C)C)C2CC2)cc1. The van der Waals surface area contributed by atoms with Gasteiger partial charge in [-0.1, -0.05) is 13.8 Å². The molecule has 21 heavy (non-hydrogen) atoms. The molecule has 1 aliphatic carbocycles. The van der Waals surface area contributed by atoms with Gasteiger partial charge in [0.2, 0.25) is 0 Å². The van der Waals surface area contributed by atoms with E-state index in [0.29, 0.717) is 24.3 Å². The second-order valence-electron chi connectivity index (χ2n) is 5.86. The van der Waals surface area contributed by atoms with Crippen LogP contribution in [0.4, 0.5) is 0 Å². The smallest absolute Gasteiger partial charge is 0.260 e. The zero-order chi connectivity index (χ0) is 15.2. The number of carbonyl (C=O) groups excluding carboxylic acids is 1. The fourth-order valence-electron chi connectivity index (χ4n) is 2.26. The topological polar surface area (TPSA) is 38.8 Å². The number of hydrogen-bond donors (Lipinski definition) is 0. The number of rotatable bonds is 8. The summed E-state index contributed by atoms with van der Waals surface area (Å²) >= 11 is 0. The van der Waals surface area contributed by atoms with Crippen molar-refractivity contribution >= 4 is 5.91 Å². The summed E-state index contributed by atoms with van der Waals surface area (Å²) in [6.45, 7) is 7.79. The van der Waals surface area contributed by atoms with Crippen molar-refractivity contribution in [3.63, 3.8) is 0 Å². The van der Waals surface area contributed by atoms with Crippen molar-refractivity contribution in [2.75, 3.05) is 19.8 Å². The third-order valence-electron chi connectivity index (χ3n) is 3.37. The number of nitrogens with zero attached hydrogens (tertiary/aromatic N) is 1. The molecule has 116 valence electrons. The van der Waals surface area contributed by atoms with Crippen molar-refractivity contribution in [3.8, 4) is 11.5 Å². The molecule has 0 heterocycles. The molecule has 0 atom stereocenters. The van der Waals surface area contributed by atoms with Gasteiger partial charge in [-0.2, -0.15) is 0 Å². The maximum atomic E-state index is 12.3. The predicted octanol–water partition coefficient (Wildman–Crippen LogP) is 3.11. The number of carbonyl (C=O) groups is 1. The molecular weight excluding hydrogens is 266 g/mol. The first-order valence-electron chi connectivity index (χ1n) is 7.75. The second-order valence-corrected chi connectivity index (χ2v) is 5.86. The predicted molar refractivity (Wildman–Crippen MR) is 82.7 cm³/mol. The summed E-state index contributed by atoms with van der Waals surface area (Å²) in [4.78, 5) is 14.3. The molecule has 0 aromatic heterocycles. The maximum absolute atomic E-state index is 12.3. The second kappa shape index (κ2) is 7.34. The van der Waals surface area contributed by atoms with Crippen molar-refractivity contribution in [3.05, 3.63) is 24.3 Å². The van der Waals surface area contributed by atoms with E-state index in [2.05, 4.69) is 13.8 Å². The fraction of sp³-hybridized carbons (Fsp3) is 0.588. The third kappa shape index (κ3) is 4.96. The summed E-state index contributed by atoms with van der Waals surface area (Å²) in [6.07, 6.45) is 2.25. The van der Waals surface area contributed by atoms with Crippen molar-refractivity contribution in [2.45, 2.75) is 39.7 Å². The molecule has 2 rings (SSSR count). The third-order valence-corrected chi connectivity index (χ3v) is 3.37. The molecule has 0 saturated heterocycles. The molecule has 4 heteroatoms. The lowest BCUT2D eigenvalue weighted by molar-refractivity contribution is -0.134. The molecule has 1 aromatic carbocycles. The highest BCUT2D eigenvalue weighted by molar-refractivity contribution is 5.78. The first kappa shape index (κ1) is 15.7. The molecule has 0 radical (unpaired) electrons. The van der Waals surface area contributed by atoms with E-state index in [1.807, 2.05) is 36.1 Å². The lowest BCUT2D eigenvalue weighted by Gasteiger charge is -2.24. The Hall–Kier alpha value is -1.71. The maximum Gasteiger partial charge on any atom is 0.260 e. The summed E-state index contributed by atoms with van der Waals surface area (Å²) in [5, 5.41) is 0. The molecule has 0 N–H and O–H groups in total. The summed E-state index contributed by atoms with van der Waals surface area (Å²) in [6, 6.07) is 7.82. The Labute approximate surface area is 127 Å². The molecule has 1 aromatic rings. The van der Waals surface area contributed by atoms with Gasteiger partial charge in [-0.05, 0) is 49.9 Å². The van der Waals surface area contributed by atoms with E-state index in [1.54, 1.807) is 0 Å². The van der Waals surface area contributed by atoms with E-state index in [4.69, 9.17) is 9.47 Å². The van der Waals surface area contributed by atoms with Gasteiger partial charge in [-0.25, -0.2) is 0 Å². The van der Waals surface area contributed by atoms with Crippen LogP contribution < -0.4 is 9.47 Å². The zero-order valence-corrected chi connectivity index (χ0v) is 13.2. The van der Waals surface area contributed by atoms with Crippen LogP contribution in [-0.4, -0.2) is 36.6 Å². The van der Waals surface area contributed by atoms with E-state index in [-0.39, 0.29) is 12.5 Å². The van der Waals surface area contributed by atoms with E-state index in [9.17, 15) is 4.79 Å². The Morgan fingerprint density at radius 3 is 2.24 bits per heavy atom. The number of hydrogen-bond acceptors (Lipinski definition) is 3. The van der Waals surface area contributed by atoms with Crippen molar-refractivity contribution in [2.24, 2.45) is 5.92 Å². The quantitative estimate of drug-likeness (QED) is 0.738. The molecule has 1 aliphatic rings. The monoisotopic (exact) mass is 291 g/mol. The molecule has 0 aliphatic heterocycles. The van der Waals surface area contributed by atoms with E-state index < -0.39 is 0 Å². The molecule has 1 saturated carbocycles. The van der Waals surface area contributed by atoms with Crippen LogP contribution in [0, 0.1) is 5.92 Å². The summed E-state index contributed by atoms with van der Waals surface area (Å²) < 4.78 is 11.0. The highest BCUT2D eigenvalue weighted by Gasteiger charge is 2.32. The molecule has 4 nitrogen and oxygen atoms in total. The number of amides is 1. The van der Waals surface area contributed by atoms with Gasteiger partial charge in [0.05, 0.1) is 6.61 Å². The number of ether oxygens (including phenoxy) is 2. The van der Waals surface area contributed by atoms with E-state index in [1.165, 1.54) is 0 Å². The van der Waals surface area contributed by atoms with Gasteiger partial charge in [-0.3, -0.25) is 4.79 Å². The Bertz CT molecular complexity index is 452. The minimum absolute atomic E-state index is 0.0834. The average molecular weight is 291 g/mol. The first-order chi connectivity index (χ1) is 10.1. The van der Waals surface area contributed by atoms with Crippen LogP contribution in [0.3, 0.4) is 0 Å². The lowest BCUT2D eigenvalue weighted by atomic mass is 10.2. The van der Waals surface area contributed by atoms with E-state index >= 15 is 0 Å². The largest absolute Gasteiger partial charge is 0.494 e. The normalized spacial score (nSPS) is 14.1. The summed E-state index contributed by atoms with van der Waals surface area (Å²) in [7, 11) is 0. The minimum Gasteiger partial charge on any atom is -0.494 e. The molecule has 0 bridgehead atoms. The first-order valence-corrected chi connectivity index (χ1v) is 7.75. The Morgan fingerprint density at radius 1 is 1.19 bits per heavy atom. The van der Waals surface area contributed by atoms with Crippen LogP contribution >= 0.6 is 0 Å². The Kier molecular flexibility index (Phi) is 5.48. The van der Waals surface area contributed by atoms with E-state index in [0.717, 1.165) is 25.1 Å². The van der Waals surface area contributed by atoms with Gasteiger partial charge in [0.25, 0.3) is 5.91 Å². The highest BCUT2D eigenvalue weighted by Crippen LogP contribution is 2.28. The standard InChI is InChI=1S/C17H25NO3/c1-4-20-15-7-9-16(10-8-15)21-12-17(19)18(11-13(2)3)14-5-6-14/h7-10,13-14H,4-6,11-12H2,1-3H3. The van der Waals surface area contributed by atoms with Crippen LogP contribution in [0.1, 0.15) is 33.6 Å². The Morgan fingerprint density at radius 2 is 1.76 bits per heavy atom. The average Bonchev–Trinajstić information content (AvgIpc) is 3.28. The summed E-state index contributed by atoms with van der Waals surface area (Å²) in [5.74, 6) is 2.09. The van der Waals surface area contributed by atoms with Crippen LogP contribution in [0.25, 0.3) is 0 Å². The van der Waals surface area contributed by atoms with Gasteiger partial charge in [0.15, 0.2) is 6.61 Å². The van der Waals surface area contributed by atoms with Crippen LogP contribution in [0.2, 0.25) is 0 Å². The van der Waals surface area contributed by atoms with Crippen LogP contribution in [-0.2, 0) is 4.79 Å². The van der Waals surface area contributed by atoms with Gasteiger partial charge in [0.1, 0.15) is 11.5 Å². The molecule has 1 amide bonds. The van der Waals surface area contributed by atoms with Crippen LogP contribution in [0.15, 0.2) is 24.3 Å². The molecule has 1 fully saturated rings. The molecule has 0 spiro atoms. The van der Waals surface area contributed by atoms with Crippen LogP contribution in [0.5, 0.6) is 11.5 Å². The lowest BCUT2D eigenvalue weighted by Crippen LogP contribution is -2.39. The van der Waals surface area contributed by atoms with Crippen molar-refractivity contribution < 1.29 is 14.3 Å². The summed E-state index contributed by atoms with van der Waals surface area (Å²) in [5.41, 5.74) is 0. The highest BCUT2D eigenvalue weighted by atomic mass is 16.5. The molecule has 0 unspecified atom stereocenters. The van der Waals surface area contributed by atoms with Gasteiger partial charge < -0.3 is 14.4 Å². The van der Waals surface area contributed by atoms with Gasteiger partial charge >= 0.3 is 0 Å². The van der Waals surface area contributed by atoms with Gasteiger partial charge in [-0.15, -0.1) is 0 Å². The van der Waals surface area contributed by atoms with Gasteiger partial charge in [0, 0.05) is 12.6 Å². The fourth-order valence-corrected chi connectivity index (χ4v) is 2.26.